The molecule has 0 spiro atoms. The Hall–Kier alpha value is -4.30. The molecule has 40 heavy (non-hydrogen) atoms. The molecule has 0 aliphatic heterocycles. The number of aliphatic carboxylic acids is 1. The topological polar surface area (TPSA) is 91.3 Å². The van der Waals surface area contributed by atoms with E-state index in [1.54, 1.807) is 37.3 Å². The van der Waals surface area contributed by atoms with Crippen molar-refractivity contribution in [2.45, 2.75) is 37.5 Å². The van der Waals surface area contributed by atoms with Crippen LogP contribution in [0.15, 0.2) is 72.9 Å². The van der Waals surface area contributed by atoms with E-state index in [1.807, 2.05) is 0 Å². The summed E-state index contributed by atoms with van der Waals surface area (Å²) in [6.07, 6.45) is -13.4. The van der Waals surface area contributed by atoms with Crippen molar-refractivity contribution in [3.8, 4) is 0 Å². The van der Waals surface area contributed by atoms with Gasteiger partial charge in [0, 0.05) is 6.20 Å². The van der Waals surface area contributed by atoms with Crippen LogP contribution in [0, 0.1) is 0 Å². The van der Waals surface area contributed by atoms with E-state index in [0.29, 0.717) is 0 Å². The number of carbonyl (C=O) groups is 2. The summed E-state index contributed by atoms with van der Waals surface area (Å²) in [4.78, 5) is 25.4. The van der Waals surface area contributed by atoms with Gasteiger partial charge >= 0.3 is 30.5 Å². The highest BCUT2D eigenvalue weighted by atomic mass is 19.4. The van der Waals surface area contributed by atoms with Crippen LogP contribution in [-0.2, 0) is 17.1 Å². The van der Waals surface area contributed by atoms with Gasteiger partial charge in [-0.2, -0.15) is 39.5 Å². The van der Waals surface area contributed by atoms with Crippen LogP contribution < -0.4 is 10.6 Å². The Bertz CT molecular complexity index is 1280. The van der Waals surface area contributed by atoms with Crippen LogP contribution in [0.5, 0.6) is 0 Å². The molecule has 0 saturated heterocycles. The molecule has 0 saturated carbocycles. The number of aromatic nitrogens is 1. The number of carboxylic acids is 1. The average molecular weight is 581 g/mol. The van der Waals surface area contributed by atoms with Crippen molar-refractivity contribution in [3.05, 3.63) is 101 Å². The van der Waals surface area contributed by atoms with Gasteiger partial charge < -0.3 is 15.7 Å². The summed E-state index contributed by atoms with van der Waals surface area (Å²) in [7, 11) is 0. The van der Waals surface area contributed by atoms with E-state index < -0.39 is 59.4 Å². The molecule has 2 atom stereocenters. The summed E-state index contributed by atoms with van der Waals surface area (Å²) >= 11 is 0. The van der Waals surface area contributed by atoms with E-state index in [2.05, 4.69) is 15.6 Å². The zero-order valence-corrected chi connectivity index (χ0v) is 20.2. The number of carboxylic acid groups (broad SMARTS) is 1. The van der Waals surface area contributed by atoms with E-state index in [-0.39, 0.29) is 5.56 Å². The largest absolute Gasteiger partial charge is 0.490 e. The maximum atomic E-state index is 13.6. The van der Waals surface area contributed by atoms with Crippen LogP contribution in [0.3, 0.4) is 0 Å². The number of nitrogens with zero attached hydrogens (tertiary/aromatic N) is 1. The van der Waals surface area contributed by atoms with Gasteiger partial charge in [-0.15, -0.1) is 0 Å². The fourth-order valence-corrected chi connectivity index (χ4v) is 3.26. The molecule has 0 fully saturated rings. The zero-order valence-electron chi connectivity index (χ0n) is 20.2. The third-order valence-corrected chi connectivity index (χ3v) is 5.15. The van der Waals surface area contributed by atoms with Crippen LogP contribution >= 0.6 is 0 Å². The minimum Gasteiger partial charge on any atom is -0.475 e. The number of urea groups is 1. The first-order valence-electron chi connectivity index (χ1n) is 11.0. The summed E-state index contributed by atoms with van der Waals surface area (Å²) in [6, 6.07) is 11.5. The Labute approximate surface area is 220 Å². The summed E-state index contributed by atoms with van der Waals surface area (Å²) in [6.45, 7) is 1.68. The average Bonchev–Trinajstić information content (AvgIpc) is 2.86. The lowest BCUT2D eigenvalue weighted by molar-refractivity contribution is -0.192. The Morgan fingerprint density at radius 2 is 1.30 bits per heavy atom. The third kappa shape index (κ3) is 9.17. The third-order valence-electron chi connectivity index (χ3n) is 5.15. The fraction of sp³-hybridized carbons (Fsp3) is 0.240. The fourth-order valence-electron chi connectivity index (χ4n) is 3.26. The molecular weight excluding hydrogens is 561 g/mol. The lowest BCUT2D eigenvalue weighted by Gasteiger charge is -2.24. The van der Waals surface area contributed by atoms with Gasteiger partial charge in [-0.25, -0.2) is 9.59 Å². The van der Waals surface area contributed by atoms with Gasteiger partial charge in [0.05, 0.1) is 28.9 Å². The second kappa shape index (κ2) is 12.7. The molecule has 0 unspecified atom stereocenters. The first-order valence-corrected chi connectivity index (χ1v) is 11.0. The number of hydrogen-bond donors (Lipinski definition) is 3. The summed E-state index contributed by atoms with van der Waals surface area (Å²) in [5.41, 5.74) is -1.84. The molecule has 0 aliphatic carbocycles. The van der Waals surface area contributed by atoms with Crippen molar-refractivity contribution in [2.24, 2.45) is 0 Å². The molecule has 2 aromatic carbocycles. The highest BCUT2D eigenvalue weighted by molar-refractivity contribution is 5.75. The predicted molar refractivity (Wildman–Crippen MR) is 123 cm³/mol. The summed E-state index contributed by atoms with van der Waals surface area (Å²) < 4.78 is 111. The van der Waals surface area contributed by atoms with Crippen molar-refractivity contribution in [1.82, 2.24) is 15.6 Å². The van der Waals surface area contributed by atoms with Gasteiger partial charge in [0.2, 0.25) is 0 Å². The number of halogens is 9. The van der Waals surface area contributed by atoms with Crippen LogP contribution in [-0.4, -0.2) is 28.3 Å². The van der Waals surface area contributed by atoms with Gasteiger partial charge in [0.1, 0.15) is 0 Å². The Balaban J connectivity index is 0.000000708. The molecule has 2 amide bonds. The molecule has 0 aliphatic rings. The number of rotatable bonds is 5. The highest BCUT2D eigenvalue weighted by Crippen LogP contribution is 2.36. The molecule has 0 bridgehead atoms. The van der Waals surface area contributed by atoms with E-state index in [9.17, 15) is 44.3 Å². The maximum Gasteiger partial charge on any atom is 0.490 e. The molecule has 3 rings (SSSR count). The van der Waals surface area contributed by atoms with E-state index >= 15 is 0 Å². The number of carbonyl (C=O) groups excluding carboxylic acids is 1. The molecule has 216 valence electrons. The van der Waals surface area contributed by atoms with Crippen LogP contribution in [0.1, 0.15) is 47.0 Å². The normalized spacial score (nSPS) is 13.3. The summed E-state index contributed by atoms with van der Waals surface area (Å²) in [5, 5.41) is 12.2. The smallest absolute Gasteiger partial charge is 0.475 e. The number of alkyl halides is 9. The van der Waals surface area contributed by atoms with Crippen molar-refractivity contribution < 1.29 is 54.2 Å². The predicted octanol–water partition coefficient (Wildman–Crippen LogP) is 6.90. The number of amides is 2. The maximum absolute atomic E-state index is 13.6. The Morgan fingerprint density at radius 1 is 0.750 bits per heavy atom. The minimum absolute atomic E-state index is 0.00899. The molecule has 6 nitrogen and oxygen atoms in total. The molecule has 3 aromatic rings. The molecule has 1 heterocycles. The van der Waals surface area contributed by atoms with Crippen molar-refractivity contribution in [3.63, 3.8) is 0 Å². The zero-order chi connectivity index (χ0) is 30.3. The summed E-state index contributed by atoms with van der Waals surface area (Å²) in [5.74, 6) is -2.76. The number of benzene rings is 2. The van der Waals surface area contributed by atoms with E-state index in [4.69, 9.17) is 9.90 Å². The Morgan fingerprint density at radius 3 is 1.77 bits per heavy atom. The van der Waals surface area contributed by atoms with Gasteiger partial charge in [0.15, 0.2) is 0 Å². The van der Waals surface area contributed by atoms with Crippen LogP contribution in [0.25, 0.3) is 0 Å². The number of pyridine rings is 1. The van der Waals surface area contributed by atoms with Crippen molar-refractivity contribution in [1.29, 1.82) is 0 Å². The molecule has 1 aromatic heterocycles. The van der Waals surface area contributed by atoms with E-state index in [0.717, 1.165) is 48.2 Å². The lowest BCUT2D eigenvalue weighted by Crippen LogP contribution is -2.40. The van der Waals surface area contributed by atoms with Crippen molar-refractivity contribution >= 4 is 12.0 Å². The quantitative estimate of drug-likeness (QED) is 0.286. The number of nitrogens with one attached hydrogen (secondary N) is 2. The highest BCUT2D eigenvalue weighted by Gasteiger charge is 2.39. The molecular formula is C25H20F9N3O3. The minimum atomic E-state index is -5.08. The van der Waals surface area contributed by atoms with Crippen LogP contribution in [0.4, 0.5) is 44.3 Å². The van der Waals surface area contributed by atoms with E-state index in [1.165, 1.54) is 0 Å². The van der Waals surface area contributed by atoms with Crippen LogP contribution in [0.2, 0.25) is 0 Å². The molecule has 15 heteroatoms. The molecule has 3 N–H and O–H groups in total. The van der Waals surface area contributed by atoms with Gasteiger partial charge in [0.25, 0.3) is 0 Å². The standard InChI is InChI=1S/C23H19F6N3O.C2HF3O2/c1-14(15-6-3-2-4-7-15)31-21(33)32-19(16-9-11-17(12-10-16)22(24,25)26)20-18(23(27,28)29)8-5-13-30-20;3-2(4,5)1(6)7/h2-14,19H,1H3,(H2,31,32,33);(H,6,7)/t14-,19-;/m0./s1. The van der Waals surface area contributed by atoms with Gasteiger partial charge in [-0.1, -0.05) is 42.5 Å². The van der Waals surface area contributed by atoms with Gasteiger partial charge in [-0.3, -0.25) is 4.98 Å². The monoisotopic (exact) mass is 581 g/mol. The SMILES string of the molecule is C[C@H](NC(=O)N[C@@H](c1ccc(C(F)(F)F)cc1)c1ncccc1C(F)(F)F)c1ccccc1.O=C(O)C(F)(F)F. The second-order valence-electron chi connectivity index (χ2n) is 8.04. The first kappa shape index (κ1) is 31.9. The number of hydrogen-bond acceptors (Lipinski definition) is 3. The first-order chi connectivity index (χ1) is 18.4. The van der Waals surface area contributed by atoms with Crippen molar-refractivity contribution in [2.75, 3.05) is 0 Å². The lowest BCUT2D eigenvalue weighted by atomic mass is 9.98. The van der Waals surface area contributed by atoms with Gasteiger partial charge in [-0.05, 0) is 42.3 Å². The molecule has 0 radical (unpaired) electrons. The second-order valence-corrected chi connectivity index (χ2v) is 8.04. The Kier molecular flexibility index (Phi) is 10.1.